The number of rotatable bonds is 5. The summed E-state index contributed by atoms with van der Waals surface area (Å²) in [5, 5.41) is 12.2. The molecule has 1 amide bonds. The highest BCUT2D eigenvalue weighted by molar-refractivity contribution is 5.98. The number of anilines is 2. The number of fused-ring (bicyclic) bond motifs is 1. The van der Waals surface area contributed by atoms with Crippen molar-refractivity contribution in [2.75, 3.05) is 62.8 Å². The first-order chi connectivity index (χ1) is 11.7. The van der Waals surface area contributed by atoms with Gasteiger partial charge in [-0.1, -0.05) is 0 Å². The lowest BCUT2D eigenvalue weighted by atomic mass is 10.3. The normalized spacial score (nSPS) is 17.8. The summed E-state index contributed by atoms with van der Waals surface area (Å²) in [5.74, 6) is 1.58. The second-order valence-electron chi connectivity index (χ2n) is 5.58. The fourth-order valence-corrected chi connectivity index (χ4v) is 2.70. The Bertz CT molecular complexity index is 653. The number of carbonyl (C=O) groups is 1. The lowest BCUT2D eigenvalue weighted by molar-refractivity contribution is -0.121. The van der Waals surface area contributed by atoms with Gasteiger partial charge < -0.3 is 14.8 Å². The summed E-state index contributed by atoms with van der Waals surface area (Å²) < 4.78 is 10.9. The largest absolute Gasteiger partial charge is 0.476 e. The molecule has 0 saturated carbocycles. The van der Waals surface area contributed by atoms with Crippen LogP contribution in [0.25, 0.3) is 0 Å². The molecule has 3 rings (SSSR count). The van der Waals surface area contributed by atoms with E-state index in [9.17, 15) is 4.79 Å². The van der Waals surface area contributed by atoms with E-state index in [1.807, 2.05) is 6.07 Å². The van der Waals surface area contributed by atoms with Gasteiger partial charge in [-0.2, -0.15) is 5.26 Å². The Balaban J connectivity index is 1.73. The zero-order valence-electron chi connectivity index (χ0n) is 13.6. The van der Waals surface area contributed by atoms with E-state index in [1.54, 1.807) is 6.92 Å². The summed E-state index contributed by atoms with van der Waals surface area (Å²) in [5.41, 5.74) is 0. The first-order valence-corrected chi connectivity index (χ1v) is 7.92. The van der Waals surface area contributed by atoms with Crippen molar-refractivity contribution in [1.82, 2.24) is 14.9 Å². The number of nitrogens with one attached hydrogen (secondary N) is 1. The predicted molar refractivity (Wildman–Crippen MR) is 86.0 cm³/mol. The van der Waals surface area contributed by atoms with Crippen molar-refractivity contribution in [1.29, 1.82) is 5.26 Å². The molecule has 0 aliphatic carbocycles. The molecule has 1 saturated heterocycles. The molecule has 0 radical (unpaired) electrons. The van der Waals surface area contributed by atoms with Gasteiger partial charge in [-0.25, -0.2) is 9.97 Å². The summed E-state index contributed by atoms with van der Waals surface area (Å²) in [6.07, 6.45) is 0. The van der Waals surface area contributed by atoms with Crippen molar-refractivity contribution in [3.8, 4) is 11.8 Å². The summed E-state index contributed by atoms with van der Waals surface area (Å²) in [6.45, 7) is 6.50. The lowest BCUT2D eigenvalue weighted by Gasteiger charge is -2.29. The molecule has 1 aromatic rings. The maximum atomic E-state index is 11.9. The van der Waals surface area contributed by atoms with E-state index in [4.69, 9.17) is 14.7 Å². The van der Waals surface area contributed by atoms with Crippen molar-refractivity contribution in [3.05, 3.63) is 5.82 Å². The zero-order valence-corrected chi connectivity index (χ0v) is 13.6. The van der Waals surface area contributed by atoms with E-state index in [0.717, 1.165) is 32.8 Å². The van der Waals surface area contributed by atoms with E-state index in [1.165, 1.54) is 4.90 Å². The second-order valence-corrected chi connectivity index (χ2v) is 5.58. The maximum absolute atomic E-state index is 11.9. The second kappa shape index (κ2) is 7.42. The van der Waals surface area contributed by atoms with Crippen LogP contribution in [0.2, 0.25) is 0 Å². The van der Waals surface area contributed by atoms with E-state index < -0.39 is 0 Å². The van der Waals surface area contributed by atoms with E-state index in [0.29, 0.717) is 29.8 Å². The molecule has 0 spiro atoms. The summed E-state index contributed by atoms with van der Waals surface area (Å²) in [7, 11) is 0. The van der Waals surface area contributed by atoms with Crippen molar-refractivity contribution in [2.24, 2.45) is 0 Å². The van der Waals surface area contributed by atoms with Crippen molar-refractivity contribution in [2.45, 2.75) is 6.92 Å². The highest BCUT2D eigenvalue weighted by atomic mass is 16.5. The average Bonchev–Trinajstić information content (AvgIpc) is 2.58. The van der Waals surface area contributed by atoms with E-state index in [-0.39, 0.29) is 19.1 Å². The quantitative estimate of drug-likeness (QED) is 0.738. The fourth-order valence-electron chi connectivity index (χ4n) is 2.70. The molecule has 3 heterocycles. The molecular weight excluding hydrogens is 312 g/mol. The van der Waals surface area contributed by atoms with Crippen LogP contribution in [-0.2, 0) is 9.53 Å². The van der Waals surface area contributed by atoms with Crippen LogP contribution in [0.4, 0.5) is 11.6 Å². The number of nitrogens with zero attached hydrogens (tertiary/aromatic N) is 5. The van der Waals surface area contributed by atoms with Gasteiger partial charge in [-0.3, -0.25) is 14.6 Å². The minimum absolute atomic E-state index is 0.0567. The number of aromatic nitrogens is 2. The minimum Gasteiger partial charge on any atom is -0.476 e. The van der Waals surface area contributed by atoms with E-state index in [2.05, 4.69) is 20.2 Å². The Hall–Kier alpha value is -2.44. The fraction of sp³-hybridized carbons (Fsp3) is 0.600. The number of morpholine rings is 1. The summed E-state index contributed by atoms with van der Waals surface area (Å²) >= 11 is 0. The van der Waals surface area contributed by atoms with Crippen LogP contribution in [-0.4, -0.2) is 73.3 Å². The first-order valence-electron chi connectivity index (χ1n) is 7.92. The number of nitriles is 1. The molecule has 0 bridgehead atoms. The third-order valence-corrected chi connectivity index (χ3v) is 3.91. The molecule has 1 N–H and O–H groups in total. The molecule has 128 valence electrons. The highest BCUT2D eigenvalue weighted by Gasteiger charge is 2.30. The number of amides is 1. The molecule has 9 nitrogen and oxygen atoms in total. The van der Waals surface area contributed by atoms with Crippen molar-refractivity contribution in [3.63, 3.8) is 0 Å². The molecular formula is C15H20N6O3. The number of aryl methyl sites for hydroxylation is 1. The van der Waals surface area contributed by atoms with Crippen LogP contribution in [0.1, 0.15) is 5.82 Å². The van der Waals surface area contributed by atoms with Crippen LogP contribution >= 0.6 is 0 Å². The van der Waals surface area contributed by atoms with Crippen molar-refractivity contribution >= 4 is 17.5 Å². The average molecular weight is 332 g/mol. The molecule has 24 heavy (non-hydrogen) atoms. The predicted octanol–water partition coefficient (Wildman–Crippen LogP) is -0.222. The number of ether oxygens (including phenoxy) is 2. The standard InChI is InChI=1S/C15H20N6O3/c1-11-18-14(17-3-5-20-6-8-23-9-7-20)13-15(19-11)21(4-2-16)12(22)10-24-13/h3-10H2,1H3,(H,17,18,19). The van der Waals surface area contributed by atoms with Gasteiger partial charge in [0, 0.05) is 26.2 Å². The molecule has 9 heteroatoms. The van der Waals surface area contributed by atoms with Crippen molar-refractivity contribution < 1.29 is 14.3 Å². The minimum atomic E-state index is -0.276. The van der Waals surface area contributed by atoms with Crippen LogP contribution in [0.15, 0.2) is 0 Å². The molecule has 2 aliphatic heterocycles. The highest BCUT2D eigenvalue weighted by Crippen LogP contribution is 2.35. The third kappa shape index (κ3) is 3.55. The summed E-state index contributed by atoms with van der Waals surface area (Å²) in [6, 6.07) is 1.98. The smallest absolute Gasteiger partial charge is 0.267 e. The van der Waals surface area contributed by atoms with Gasteiger partial charge in [-0.05, 0) is 6.92 Å². The van der Waals surface area contributed by atoms with Crippen LogP contribution in [0.5, 0.6) is 5.75 Å². The Labute approximate surface area is 140 Å². The first kappa shape index (κ1) is 16.4. The Morgan fingerprint density at radius 1 is 1.33 bits per heavy atom. The number of hydrogen-bond acceptors (Lipinski definition) is 8. The van der Waals surface area contributed by atoms with Gasteiger partial charge >= 0.3 is 0 Å². The molecule has 1 fully saturated rings. The Kier molecular flexibility index (Phi) is 5.08. The topological polar surface area (TPSA) is 104 Å². The van der Waals surface area contributed by atoms with Gasteiger partial charge in [0.15, 0.2) is 18.2 Å². The van der Waals surface area contributed by atoms with Crippen LogP contribution < -0.4 is 15.0 Å². The Morgan fingerprint density at radius 3 is 2.88 bits per heavy atom. The third-order valence-electron chi connectivity index (χ3n) is 3.91. The number of hydrogen-bond donors (Lipinski definition) is 1. The van der Waals surface area contributed by atoms with Gasteiger partial charge in [0.25, 0.3) is 5.91 Å². The van der Waals surface area contributed by atoms with E-state index >= 15 is 0 Å². The molecule has 1 aromatic heterocycles. The maximum Gasteiger partial charge on any atom is 0.267 e. The molecule has 2 aliphatic rings. The van der Waals surface area contributed by atoms with Crippen LogP contribution in [0.3, 0.4) is 0 Å². The lowest BCUT2D eigenvalue weighted by Crippen LogP contribution is -2.40. The van der Waals surface area contributed by atoms with Gasteiger partial charge in [0.05, 0.1) is 19.3 Å². The monoisotopic (exact) mass is 332 g/mol. The van der Waals surface area contributed by atoms with Gasteiger partial charge in [0.1, 0.15) is 12.4 Å². The van der Waals surface area contributed by atoms with Gasteiger partial charge in [-0.15, -0.1) is 0 Å². The summed E-state index contributed by atoms with van der Waals surface area (Å²) in [4.78, 5) is 24.2. The number of carbonyl (C=O) groups excluding carboxylic acids is 1. The molecule has 0 unspecified atom stereocenters. The zero-order chi connectivity index (χ0) is 16.9. The van der Waals surface area contributed by atoms with Gasteiger partial charge in [0.2, 0.25) is 5.75 Å². The molecule has 0 atom stereocenters. The Morgan fingerprint density at radius 2 is 2.12 bits per heavy atom. The van der Waals surface area contributed by atoms with Crippen LogP contribution in [0, 0.1) is 18.3 Å². The molecule has 0 aromatic carbocycles. The SMILES string of the molecule is Cc1nc(NCCN2CCOCC2)c2c(n1)N(CC#N)C(=O)CO2.